The van der Waals surface area contributed by atoms with Gasteiger partial charge in [0.1, 0.15) is 0 Å². The van der Waals surface area contributed by atoms with E-state index < -0.39 is 0 Å². The number of aliphatic imine (C=N–C) groups is 1. The summed E-state index contributed by atoms with van der Waals surface area (Å²) in [5.41, 5.74) is 1.96. The zero-order valence-corrected chi connectivity index (χ0v) is 5.86. The zero-order valence-electron chi connectivity index (χ0n) is 5.86. The quantitative estimate of drug-likeness (QED) is 0.543. The molecule has 1 aliphatic rings. The van der Waals surface area contributed by atoms with E-state index >= 15 is 0 Å². The molecular formula is C9H6N2. The highest BCUT2D eigenvalue weighted by molar-refractivity contribution is 5.73. The molecule has 0 aromatic carbocycles. The van der Waals surface area contributed by atoms with Crippen LogP contribution in [0.5, 0.6) is 0 Å². The minimum Gasteiger partial charge on any atom is -0.262 e. The van der Waals surface area contributed by atoms with E-state index in [9.17, 15) is 0 Å². The van der Waals surface area contributed by atoms with Crippen molar-refractivity contribution in [3.63, 3.8) is 0 Å². The highest BCUT2D eigenvalue weighted by atomic mass is 14.8. The molecule has 0 radical (unpaired) electrons. The lowest BCUT2D eigenvalue weighted by Gasteiger charge is -1.94. The van der Waals surface area contributed by atoms with Crippen LogP contribution in [0.3, 0.4) is 0 Å². The predicted molar refractivity (Wildman–Crippen MR) is 44.9 cm³/mol. The normalized spacial score (nSPS) is 12.7. The Balaban J connectivity index is 2.67. The second kappa shape index (κ2) is 2.52. The molecule has 52 valence electrons. The minimum absolute atomic E-state index is 0.873. The van der Waals surface area contributed by atoms with Gasteiger partial charge in [-0.05, 0) is 18.0 Å². The maximum absolute atomic E-state index is 4.06. The lowest BCUT2D eigenvalue weighted by Crippen LogP contribution is -1.74. The monoisotopic (exact) mass is 142 g/mol. The third kappa shape index (κ3) is 1.11. The molecule has 2 heteroatoms. The molecule has 0 spiro atoms. The van der Waals surface area contributed by atoms with Crippen LogP contribution >= 0.6 is 0 Å². The fraction of sp³-hybridized carbons (Fsp3) is 0. The topological polar surface area (TPSA) is 25.2 Å². The summed E-state index contributed by atoms with van der Waals surface area (Å²) < 4.78 is 0. The Hall–Kier alpha value is -1.66. The van der Waals surface area contributed by atoms with Gasteiger partial charge in [-0.25, -0.2) is 4.99 Å². The summed E-state index contributed by atoms with van der Waals surface area (Å²) in [5, 5.41) is 0. The molecule has 0 aliphatic carbocycles. The molecule has 0 amide bonds. The Morgan fingerprint density at radius 2 is 2.36 bits per heavy atom. The zero-order chi connectivity index (χ0) is 7.52. The third-order valence-electron chi connectivity index (χ3n) is 1.46. The molecule has 2 heterocycles. The number of hydrogen-bond acceptors (Lipinski definition) is 2. The molecule has 1 aromatic rings. The molecule has 1 aromatic heterocycles. The fourth-order valence-corrected chi connectivity index (χ4v) is 0.933. The highest BCUT2D eigenvalue weighted by Crippen LogP contribution is 2.18. The fourth-order valence-electron chi connectivity index (χ4n) is 0.933. The van der Waals surface area contributed by atoms with Gasteiger partial charge in [0.2, 0.25) is 0 Å². The van der Waals surface area contributed by atoms with E-state index in [4.69, 9.17) is 0 Å². The largest absolute Gasteiger partial charge is 0.262 e. The summed E-state index contributed by atoms with van der Waals surface area (Å²) in [6, 6.07) is 1.93. The van der Waals surface area contributed by atoms with E-state index in [0.717, 1.165) is 11.3 Å². The lowest BCUT2D eigenvalue weighted by molar-refractivity contribution is 1.30. The van der Waals surface area contributed by atoms with Gasteiger partial charge in [-0.2, -0.15) is 0 Å². The van der Waals surface area contributed by atoms with E-state index in [2.05, 4.69) is 15.8 Å². The molecule has 11 heavy (non-hydrogen) atoms. The van der Waals surface area contributed by atoms with Gasteiger partial charge < -0.3 is 0 Å². The van der Waals surface area contributed by atoms with Crippen molar-refractivity contribution < 1.29 is 0 Å². The summed E-state index contributed by atoms with van der Waals surface area (Å²) in [6.07, 6.45) is 9.16. The second-order valence-corrected chi connectivity index (χ2v) is 2.20. The second-order valence-electron chi connectivity index (χ2n) is 2.20. The van der Waals surface area contributed by atoms with Gasteiger partial charge >= 0.3 is 0 Å². The molecule has 0 bridgehead atoms. The minimum atomic E-state index is 0.873. The van der Waals surface area contributed by atoms with Crippen molar-refractivity contribution in [2.75, 3.05) is 0 Å². The van der Waals surface area contributed by atoms with Crippen molar-refractivity contribution in [1.82, 2.24) is 4.98 Å². The SMILES string of the molecule is C1=CC=Cc2ccncc2N=1. The number of pyridine rings is 1. The molecule has 2 nitrogen and oxygen atoms in total. The average Bonchev–Trinajstić information content (AvgIpc) is 2.28. The summed E-state index contributed by atoms with van der Waals surface area (Å²) in [6.45, 7) is 0. The highest BCUT2D eigenvalue weighted by Gasteiger charge is 1.95. The van der Waals surface area contributed by atoms with Crippen LogP contribution in [-0.4, -0.2) is 10.9 Å². The Kier molecular flexibility index (Phi) is 1.39. The maximum atomic E-state index is 4.06. The summed E-state index contributed by atoms with van der Waals surface area (Å²) in [7, 11) is 0. The van der Waals surface area contributed by atoms with Crippen LogP contribution in [0.25, 0.3) is 6.08 Å². The average molecular weight is 142 g/mol. The van der Waals surface area contributed by atoms with Crippen molar-refractivity contribution in [3.05, 3.63) is 36.2 Å². The van der Waals surface area contributed by atoms with E-state index in [-0.39, 0.29) is 0 Å². The number of allylic oxidation sites excluding steroid dienone is 2. The molecular weight excluding hydrogens is 136 g/mol. The van der Waals surface area contributed by atoms with Crippen molar-refractivity contribution >= 4 is 17.6 Å². The first-order valence-corrected chi connectivity index (χ1v) is 3.37. The summed E-state index contributed by atoms with van der Waals surface area (Å²) >= 11 is 0. The van der Waals surface area contributed by atoms with E-state index in [0.29, 0.717) is 0 Å². The first kappa shape index (κ1) is 6.08. The van der Waals surface area contributed by atoms with Crippen molar-refractivity contribution in [2.24, 2.45) is 4.99 Å². The molecule has 0 fully saturated rings. The van der Waals surface area contributed by atoms with E-state index in [1.807, 2.05) is 18.2 Å². The standard InChI is InChI=1S/C9H6N2/c1-2-5-11-9-7-10-6-4-8(9)3-1/h1-4,6-7H. The summed E-state index contributed by atoms with van der Waals surface area (Å²) in [4.78, 5) is 8.01. The van der Waals surface area contributed by atoms with Crippen LogP contribution in [0.2, 0.25) is 0 Å². The first-order chi connectivity index (χ1) is 5.47. The van der Waals surface area contributed by atoms with Crippen LogP contribution in [0, 0.1) is 0 Å². The number of fused-ring (bicyclic) bond motifs is 1. The Bertz CT molecular complexity index is 358. The number of rotatable bonds is 0. The molecule has 1 aliphatic heterocycles. The van der Waals surface area contributed by atoms with Crippen LogP contribution in [0.1, 0.15) is 5.56 Å². The maximum Gasteiger partial charge on any atom is 0.0985 e. The Morgan fingerprint density at radius 3 is 3.36 bits per heavy atom. The van der Waals surface area contributed by atoms with Crippen molar-refractivity contribution in [1.29, 1.82) is 0 Å². The van der Waals surface area contributed by atoms with Crippen LogP contribution in [-0.2, 0) is 0 Å². The third-order valence-corrected chi connectivity index (χ3v) is 1.46. The number of nitrogens with zero attached hydrogens (tertiary/aromatic N) is 2. The Labute approximate surface area is 64.6 Å². The van der Waals surface area contributed by atoms with Crippen LogP contribution in [0.15, 0.2) is 35.6 Å². The molecule has 0 N–H and O–H groups in total. The van der Waals surface area contributed by atoms with Gasteiger partial charge in [0.15, 0.2) is 0 Å². The van der Waals surface area contributed by atoms with Gasteiger partial charge in [-0.15, -0.1) is 0 Å². The van der Waals surface area contributed by atoms with Gasteiger partial charge in [0.25, 0.3) is 0 Å². The first-order valence-electron chi connectivity index (χ1n) is 3.37. The number of hydrogen-bond donors (Lipinski definition) is 0. The van der Waals surface area contributed by atoms with Crippen molar-refractivity contribution in [2.45, 2.75) is 0 Å². The number of aromatic nitrogens is 1. The van der Waals surface area contributed by atoms with Gasteiger partial charge in [0.05, 0.1) is 11.9 Å². The predicted octanol–water partition coefficient (Wildman–Crippen LogP) is 1.97. The molecule has 0 atom stereocenters. The van der Waals surface area contributed by atoms with Gasteiger partial charge in [0, 0.05) is 11.8 Å². The lowest BCUT2D eigenvalue weighted by atomic mass is 10.2. The molecule has 0 saturated heterocycles. The van der Waals surface area contributed by atoms with Gasteiger partial charge in [-0.3, -0.25) is 4.98 Å². The molecule has 2 rings (SSSR count). The Morgan fingerprint density at radius 1 is 1.36 bits per heavy atom. The molecule has 0 unspecified atom stereocenters. The van der Waals surface area contributed by atoms with Crippen molar-refractivity contribution in [3.8, 4) is 0 Å². The van der Waals surface area contributed by atoms with Crippen LogP contribution in [0.4, 0.5) is 5.69 Å². The van der Waals surface area contributed by atoms with E-state index in [1.165, 1.54) is 0 Å². The van der Waals surface area contributed by atoms with Gasteiger partial charge in [-0.1, -0.05) is 12.2 Å². The molecule has 0 saturated carbocycles. The van der Waals surface area contributed by atoms with Crippen LogP contribution < -0.4 is 0 Å². The van der Waals surface area contributed by atoms with E-state index in [1.54, 1.807) is 18.5 Å². The summed E-state index contributed by atoms with van der Waals surface area (Å²) in [5.74, 6) is 2.78. The smallest absolute Gasteiger partial charge is 0.0985 e.